The van der Waals surface area contributed by atoms with E-state index < -0.39 is 17.2 Å². The maximum atomic E-state index is 12.8. The van der Waals surface area contributed by atoms with Gasteiger partial charge in [0, 0.05) is 10.0 Å². The van der Waals surface area contributed by atoms with Crippen LogP contribution in [0.4, 0.5) is 0 Å². The summed E-state index contributed by atoms with van der Waals surface area (Å²) in [6, 6.07) is 16.4. The van der Waals surface area contributed by atoms with E-state index in [9.17, 15) is 19.5 Å². The molecule has 1 heterocycles. The zero-order valence-electron chi connectivity index (χ0n) is 17.8. The van der Waals surface area contributed by atoms with Crippen molar-refractivity contribution in [3.63, 3.8) is 0 Å². The van der Waals surface area contributed by atoms with Crippen LogP contribution in [-0.4, -0.2) is 34.1 Å². The van der Waals surface area contributed by atoms with E-state index >= 15 is 0 Å². The van der Waals surface area contributed by atoms with Crippen LogP contribution >= 0.6 is 15.9 Å². The number of nitrogens with zero attached hydrogens (tertiary/aromatic N) is 2. The van der Waals surface area contributed by atoms with Gasteiger partial charge in [-0.2, -0.15) is 5.10 Å². The molecule has 1 aromatic heterocycles. The number of para-hydroxylation sites is 1. The molecule has 4 rings (SSSR count). The van der Waals surface area contributed by atoms with Crippen molar-refractivity contribution in [2.45, 2.75) is 6.61 Å². The third kappa shape index (κ3) is 4.76. The zero-order valence-corrected chi connectivity index (χ0v) is 19.4. The summed E-state index contributed by atoms with van der Waals surface area (Å²) < 4.78 is 12.8. The van der Waals surface area contributed by atoms with Gasteiger partial charge in [0.2, 0.25) is 0 Å². The minimum atomic E-state index is -1.04. The number of aromatic nitrogens is 2. The Morgan fingerprint density at radius 1 is 1.15 bits per heavy atom. The fraction of sp³-hybridized carbons (Fsp3) is 0.0833. The van der Waals surface area contributed by atoms with E-state index in [1.54, 1.807) is 48.5 Å². The van der Waals surface area contributed by atoms with Gasteiger partial charge in [-0.05, 0) is 42.0 Å². The summed E-state index contributed by atoms with van der Waals surface area (Å²) in [6.45, 7) is 0.0520. The smallest absolute Gasteiger partial charge is 0.349 e. The number of aromatic carboxylic acids is 1. The molecule has 3 aromatic carbocycles. The number of fused-ring (bicyclic) bond motifs is 1. The molecule has 0 unspecified atom stereocenters. The van der Waals surface area contributed by atoms with Gasteiger partial charge in [-0.1, -0.05) is 40.2 Å². The van der Waals surface area contributed by atoms with Gasteiger partial charge in [0.15, 0.2) is 11.5 Å². The second-order valence-electron chi connectivity index (χ2n) is 7.16. The van der Waals surface area contributed by atoms with Crippen LogP contribution in [-0.2, 0) is 6.61 Å². The molecule has 0 spiro atoms. The Morgan fingerprint density at radius 2 is 1.94 bits per heavy atom. The highest BCUT2D eigenvalue weighted by Crippen LogP contribution is 2.34. The number of rotatable bonds is 7. The Labute approximate surface area is 201 Å². The van der Waals surface area contributed by atoms with Gasteiger partial charge in [0.1, 0.15) is 6.61 Å². The van der Waals surface area contributed by atoms with E-state index in [4.69, 9.17) is 9.47 Å². The zero-order chi connectivity index (χ0) is 24.2. The number of carboxylic acids is 1. The number of hydrogen-bond donors (Lipinski definition) is 2. The molecule has 0 atom stereocenters. The first-order chi connectivity index (χ1) is 16.4. The maximum absolute atomic E-state index is 12.8. The monoisotopic (exact) mass is 523 g/mol. The van der Waals surface area contributed by atoms with E-state index in [1.165, 1.54) is 25.5 Å². The molecule has 0 aliphatic carbocycles. The molecule has 0 aliphatic rings. The van der Waals surface area contributed by atoms with Gasteiger partial charge in [-0.15, -0.1) is 4.68 Å². The molecule has 0 aliphatic heterocycles. The van der Waals surface area contributed by atoms with Crippen molar-refractivity contribution in [1.29, 1.82) is 0 Å². The standard InChI is InChI=1S/C24H18BrN3O6/c1-33-20-11-17(25)10-16(21(20)34-13-14-5-4-6-15(9-14)23(30)31)12-26-28-22(29)18-7-2-3-8-19(18)27-24(28)32/h2-12H,13H2,1H3,(H,27,32)(H,30,31). The lowest BCUT2D eigenvalue weighted by Gasteiger charge is -2.14. The first-order valence-electron chi connectivity index (χ1n) is 9.98. The lowest BCUT2D eigenvalue weighted by Crippen LogP contribution is -2.32. The van der Waals surface area contributed by atoms with Crippen molar-refractivity contribution in [3.8, 4) is 11.5 Å². The van der Waals surface area contributed by atoms with Gasteiger partial charge in [0.25, 0.3) is 5.56 Å². The molecule has 0 saturated heterocycles. The molecular weight excluding hydrogens is 506 g/mol. The largest absolute Gasteiger partial charge is 0.493 e. The summed E-state index contributed by atoms with van der Waals surface area (Å²) in [5, 5.41) is 13.6. The van der Waals surface area contributed by atoms with Crippen LogP contribution in [0.1, 0.15) is 21.5 Å². The number of benzene rings is 3. The number of carboxylic acid groups (broad SMARTS) is 1. The second kappa shape index (κ2) is 9.75. The molecule has 10 heteroatoms. The lowest BCUT2D eigenvalue weighted by molar-refractivity contribution is 0.0696. The van der Waals surface area contributed by atoms with E-state index in [0.717, 1.165) is 4.68 Å². The number of nitrogens with one attached hydrogen (secondary N) is 1. The van der Waals surface area contributed by atoms with Crippen LogP contribution in [0.3, 0.4) is 0 Å². The third-order valence-corrected chi connectivity index (χ3v) is 5.38. The molecule has 0 saturated carbocycles. The lowest BCUT2D eigenvalue weighted by atomic mass is 10.1. The van der Waals surface area contributed by atoms with Crippen molar-refractivity contribution in [2.75, 3.05) is 7.11 Å². The highest BCUT2D eigenvalue weighted by Gasteiger charge is 2.14. The summed E-state index contributed by atoms with van der Waals surface area (Å²) in [7, 11) is 1.47. The van der Waals surface area contributed by atoms with Crippen molar-refractivity contribution >= 4 is 39.0 Å². The Bertz CT molecular complexity index is 1540. The number of methoxy groups -OCH3 is 1. The van der Waals surface area contributed by atoms with Crippen molar-refractivity contribution < 1.29 is 19.4 Å². The van der Waals surface area contributed by atoms with E-state index in [1.807, 2.05) is 0 Å². The molecule has 4 aromatic rings. The predicted octanol–water partition coefficient (Wildman–Crippen LogP) is 3.62. The first kappa shape index (κ1) is 23.0. The minimum Gasteiger partial charge on any atom is -0.493 e. The summed E-state index contributed by atoms with van der Waals surface area (Å²) in [6.07, 6.45) is 1.32. The van der Waals surface area contributed by atoms with E-state index in [0.29, 0.717) is 38.0 Å². The number of halogens is 1. The molecular formula is C24H18BrN3O6. The third-order valence-electron chi connectivity index (χ3n) is 4.92. The van der Waals surface area contributed by atoms with E-state index in [-0.39, 0.29) is 12.2 Å². The highest BCUT2D eigenvalue weighted by atomic mass is 79.9. The van der Waals surface area contributed by atoms with E-state index in [2.05, 4.69) is 26.0 Å². The summed E-state index contributed by atoms with van der Waals surface area (Å²) in [5.74, 6) is -0.354. The van der Waals surface area contributed by atoms with Gasteiger partial charge < -0.3 is 19.6 Å². The first-order valence-corrected chi connectivity index (χ1v) is 10.8. The number of aromatic amines is 1. The van der Waals surface area contributed by atoms with Crippen molar-refractivity contribution in [3.05, 3.63) is 103 Å². The van der Waals surface area contributed by atoms with Gasteiger partial charge >= 0.3 is 11.7 Å². The SMILES string of the molecule is COc1cc(Br)cc(C=Nn2c(=O)[nH]c3ccccc3c2=O)c1OCc1cccc(C(=O)O)c1. The molecule has 2 N–H and O–H groups in total. The summed E-state index contributed by atoms with van der Waals surface area (Å²) in [4.78, 5) is 39.0. The van der Waals surface area contributed by atoms with Crippen LogP contribution in [0, 0.1) is 0 Å². The molecule has 0 bridgehead atoms. The average Bonchev–Trinajstić information content (AvgIpc) is 2.83. The second-order valence-corrected chi connectivity index (χ2v) is 8.07. The Kier molecular flexibility index (Phi) is 6.60. The number of ether oxygens (including phenoxy) is 2. The minimum absolute atomic E-state index is 0.0520. The molecule has 172 valence electrons. The predicted molar refractivity (Wildman–Crippen MR) is 130 cm³/mol. The van der Waals surface area contributed by atoms with Crippen LogP contribution < -0.4 is 20.7 Å². The van der Waals surface area contributed by atoms with Crippen LogP contribution in [0.15, 0.2) is 79.8 Å². The van der Waals surface area contributed by atoms with Crippen molar-refractivity contribution in [2.24, 2.45) is 5.10 Å². The van der Waals surface area contributed by atoms with Gasteiger partial charge in [-0.3, -0.25) is 4.79 Å². The molecule has 0 fully saturated rings. The number of hydrogen-bond acceptors (Lipinski definition) is 6. The van der Waals surface area contributed by atoms with Crippen LogP contribution in [0.2, 0.25) is 0 Å². The quantitative estimate of drug-likeness (QED) is 0.356. The molecule has 0 radical (unpaired) electrons. The average molecular weight is 524 g/mol. The number of carbonyl (C=O) groups is 1. The Morgan fingerprint density at radius 3 is 2.71 bits per heavy atom. The fourth-order valence-corrected chi connectivity index (χ4v) is 3.77. The summed E-state index contributed by atoms with van der Waals surface area (Å²) in [5.41, 5.74) is 0.372. The van der Waals surface area contributed by atoms with Gasteiger partial charge in [0.05, 0.1) is 29.8 Å². The van der Waals surface area contributed by atoms with Crippen LogP contribution in [0.25, 0.3) is 10.9 Å². The molecule has 9 nitrogen and oxygen atoms in total. The highest BCUT2D eigenvalue weighted by molar-refractivity contribution is 9.10. The Balaban J connectivity index is 1.72. The fourth-order valence-electron chi connectivity index (χ4n) is 3.32. The normalized spacial score (nSPS) is 11.1. The maximum Gasteiger partial charge on any atom is 0.349 e. The molecule has 34 heavy (non-hydrogen) atoms. The topological polar surface area (TPSA) is 123 Å². The summed E-state index contributed by atoms with van der Waals surface area (Å²) >= 11 is 3.40. The van der Waals surface area contributed by atoms with Gasteiger partial charge in [-0.25, -0.2) is 9.59 Å². The molecule has 0 amide bonds. The van der Waals surface area contributed by atoms with Crippen LogP contribution in [0.5, 0.6) is 11.5 Å². The number of H-pyrrole nitrogens is 1. The van der Waals surface area contributed by atoms with Crippen molar-refractivity contribution in [1.82, 2.24) is 9.66 Å². The Hall–Kier alpha value is -4.18.